The molecule has 1 atom stereocenters. The van der Waals surface area contributed by atoms with Gasteiger partial charge >= 0.3 is 5.97 Å². The highest BCUT2D eigenvalue weighted by atomic mass is 16.7. The maximum atomic E-state index is 11.5. The fourth-order valence-corrected chi connectivity index (χ4v) is 4.81. The third-order valence-corrected chi connectivity index (χ3v) is 6.70. The molecule has 0 amide bonds. The minimum Gasteiger partial charge on any atom is -0.493 e. The molecule has 2 heterocycles. The van der Waals surface area contributed by atoms with Gasteiger partial charge in [-0.15, -0.1) is 0 Å². The van der Waals surface area contributed by atoms with E-state index in [-0.39, 0.29) is 18.8 Å². The standard InChI is InChI=1S/C28H29NO6/c1-32-25-15-21(7-9-23(25)33-17-19-5-3-2-4-6-19)27(29-13-11-20(12-14-29)28(30)31)22-8-10-24-26(16-22)35-18-34-24/h2-10,15-16,20,27H,11-14,17-18H2,1H3,(H,30,31). The van der Waals surface area contributed by atoms with E-state index >= 15 is 0 Å². The normalized spacial score (nSPS) is 16.6. The Morgan fingerprint density at radius 3 is 2.43 bits per heavy atom. The van der Waals surface area contributed by atoms with Crippen LogP contribution >= 0.6 is 0 Å². The summed E-state index contributed by atoms with van der Waals surface area (Å²) < 4.78 is 22.9. The number of rotatable bonds is 8. The topological polar surface area (TPSA) is 77.5 Å². The lowest BCUT2D eigenvalue weighted by molar-refractivity contribution is -0.143. The Morgan fingerprint density at radius 2 is 1.69 bits per heavy atom. The summed E-state index contributed by atoms with van der Waals surface area (Å²) >= 11 is 0. The van der Waals surface area contributed by atoms with Crippen LogP contribution in [-0.2, 0) is 11.4 Å². The zero-order chi connectivity index (χ0) is 24.2. The molecule has 0 aliphatic carbocycles. The zero-order valence-electron chi connectivity index (χ0n) is 19.7. The number of benzene rings is 3. The van der Waals surface area contributed by atoms with Crippen molar-refractivity contribution in [2.24, 2.45) is 5.92 Å². The van der Waals surface area contributed by atoms with Crippen LogP contribution in [0.4, 0.5) is 0 Å². The maximum Gasteiger partial charge on any atom is 0.306 e. The summed E-state index contributed by atoms with van der Waals surface area (Å²) in [7, 11) is 1.64. The molecule has 35 heavy (non-hydrogen) atoms. The molecule has 1 fully saturated rings. The number of ether oxygens (including phenoxy) is 4. The summed E-state index contributed by atoms with van der Waals surface area (Å²) in [6, 6.07) is 21.9. The third kappa shape index (κ3) is 5.05. The van der Waals surface area contributed by atoms with E-state index in [4.69, 9.17) is 18.9 Å². The summed E-state index contributed by atoms with van der Waals surface area (Å²) in [6.07, 6.45) is 1.23. The lowest BCUT2D eigenvalue weighted by Gasteiger charge is -2.37. The maximum absolute atomic E-state index is 11.5. The molecule has 1 unspecified atom stereocenters. The van der Waals surface area contributed by atoms with Crippen molar-refractivity contribution in [3.63, 3.8) is 0 Å². The highest BCUT2D eigenvalue weighted by Crippen LogP contribution is 2.41. The van der Waals surface area contributed by atoms with Crippen LogP contribution in [0.2, 0.25) is 0 Å². The van der Waals surface area contributed by atoms with E-state index in [1.807, 2.05) is 60.7 Å². The van der Waals surface area contributed by atoms with Gasteiger partial charge in [0.25, 0.3) is 0 Å². The van der Waals surface area contributed by atoms with Gasteiger partial charge in [-0.25, -0.2) is 0 Å². The molecule has 3 aromatic carbocycles. The Hall–Kier alpha value is -3.71. The van der Waals surface area contributed by atoms with E-state index < -0.39 is 5.97 Å². The minimum absolute atomic E-state index is 0.0867. The molecule has 7 nitrogen and oxygen atoms in total. The van der Waals surface area contributed by atoms with Crippen molar-refractivity contribution in [1.82, 2.24) is 4.90 Å². The second-order valence-corrected chi connectivity index (χ2v) is 8.85. The Kier molecular flexibility index (Phi) is 6.77. The Morgan fingerprint density at radius 1 is 0.971 bits per heavy atom. The van der Waals surface area contributed by atoms with Crippen LogP contribution in [0.3, 0.4) is 0 Å². The number of piperidine rings is 1. The second-order valence-electron chi connectivity index (χ2n) is 8.85. The van der Waals surface area contributed by atoms with Crippen LogP contribution in [0, 0.1) is 5.92 Å². The van der Waals surface area contributed by atoms with Crippen molar-refractivity contribution in [1.29, 1.82) is 0 Å². The number of fused-ring (bicyclic) bond motifs is 1. The molecule has 0 spiro atoms. The number of hydrogen-bond acceptors (Lipinski definition) is 6. The second kappa shape index (κ2) is 10.3. The summed E-state index contributed by atoms with van der Waals surface area (Å²) in [5.74, 6) is 1.78. The smallest absolute Gasteiger partial charge is 0.306 e. The van der Waals surface area contributed by atoms with Crippen molar-refractivity contribution in [2.75, 3.05) is 27.0 Å². The van der Waals surface area contributed by atoms with Gasteiger partial charge in [-0.1, -0.05) is 42.5 Å². The van der Waals surface area contributed by atoms with Gasteiger partial charge in [0, 0.05) is 0 Å². The van der Waals surface area contributed by atoms with Gasteiger partial charge in [0.1, 0.15) is 6.61 Å². The van der Waals surface area contributed by atoms with Gasteiger partial charge < -0.3 is 24.1 Å². The van der Waals surface area contributed by atoms with E-state index in [1.165, 1.54) is 0 Å². The third-order valence-electron chi connectivity index (χ3n) is 6.70. The largest absolute Gasteiger partial charge is 0.493 e. The quantitative estimate of drug-likeness (QED) is 0.497. The van der Waals surface area contributed by atoms with Crippen molar-refractivity contribution >= 4 is 5.97 Å². The molecule has 5 rings (SSSR count). The Labute approximate surface area is 204 Å². The molecule has 3 aromatic rings. The van der Waals surface area contributed by atoms with Crippen LogP contribution in [0.15, 0.2) is 66.7 Å². The fraction of sp³-hybridized carbons (Fsp3) is 0.321. The molecule has 1 saturated heterocycles. The molecule has 182 valence electrons. The average Bonchev–Trinajstić information content (AvgIpc) is 3.37. The van der Waals surface area contributed by atoms with E-state index in [2.05, 4.69) is 11.0 Å². The number of carboxylic acid groups (broad SMARTS) is 1. The SMILES string of the molecule is COc1cc(C(c2ccc3c(c2)OCO3)N2CCC(C(=O)O)CC2)ccc1OCc1ccccc1. The van der Waals surface area contributed by atoms with Crippen LogP contribution in [0.25, 0.3) is 0 Å². The van der Waals surface area contributed by atoms with Crippen LogP contribution in [-0.4, -0.2) is 43.0 Å². The molecule has 2 aliphatic rings. The zero-order valence-corrected chi connectivity index (χ0v) is 19.7. The predicted octanol–water partition coefficient (Wildman–Crippen LogP) is 4.89. The van der Waals surface area contributed by atoms with Crippen molar-refractivity contribution in [3.05, 3.63) is 83.4 Å². The molecule has 7 heteroatoms. The van der Waals surface area contributed by atoms with Gasteiger partial charge in [-0.2, -0.15) is 0 Å². The average molecular weight is 476 g/mol. The lowest BCUT2D eigenvalue weighted by Crippen LogP contribution is -2.39. The number of hydrogen-bond donors (Lipinski definition) is 1. The number of methoxy groups -OCH3 is 1. The van der Waals surface area contributed by atoms with E-state index in [0.29, 0.717) is 44.0 Å². The minimum atomic E-state index is -0.717. The van der Waals surface area contributed by atoms with E-state index in [1.54, 1.807) is 7.11 Å². The number of carboxylic acids is 1. The van der Waals surface area contributed by atoms with Crippen LogP contribution in [0.5, 0.6) is 23.0 Å². The highest BCUT2D eigenvalue weighted by molar-refractivity contribution is 5.70. The Bertz CT molecular complexity index is 1170. The number of aliphatic carboxylic acids is 1. The molecule has 0 radical (unpaired) electrons. The van der Waals surface area contributed by atoms with Gasteiger partial charge in [0.2, 0.25) is 6.79 Å². The molecular formula is C28H29NO6. The molecule has 1 N–H and O–H groups in total. The van der Waals surface area contributed by atoms with Gasteiger partial charge in [-0.3, -0.25) is 9.69 Å². The van der Waals surface area contributed by atoms with Crippen LogP contribution in [0.1, 0.15) is 35.6 Å². The van der Waals surface area contributed by atoms with Gasteiger partial charge in [-0.05, 0) is 66.9 Å². The first-order chi connectivity index (χ1) is 17.1. The Balaban J connectivity index is 1.44. The van der Waals surface area contributed by atoms with Crippen molar-refractivity contribution in [2.45, 2.75) is 25.5 Å². The first-order valence-corrected chi connectivity index (χ1v) is 11.8. The van der Waals surface area contributed by atoms with Crippen molar-refractivity contribution < 1.29 is 28.8 Å². The monoisotopic (exact) mass is 475 g/mol. The first-order valence-electron chi connectivity index (χ1n) is 11.8. The summed E-state index contributed by atoms with van der Waals surface area (Å²) in [4.78, 5) is 13.8. The number of carbonyl (C=O) groups is 1. The molecule has 0 bridgehead atoms. The van der Waals surface area contributed by atoms with Crippen LogP contribution < -0.4 is 18.9 Å². The molecule has 0 aromatic heterocycles. The predicted molar refractivity (Wildman–Crippen MR) is 130 cm³/mol. The van der Waals surface area contributed by atoms with Crippen molar-refractivity contribution in [3.8, 4) is 23.0 Å². The molecule has 2 aliphatic heterocycles. The first kappa shape index (κ1) is 23.1. The number of likely N-dealkylation sites (tertiary alicyclic amines) is 1. The molecular weight excluding hydrogens is 446 g/mol. The van der Waals surface area contributed by atoms with E-state index in [0.717, 1.165) is 28.2 Å². The number of nitrogens with zero attached hydrogens (tertiary/aromatic N) is 1. The molecule has 0 saturated carbocycles. The highest BCUT2D eigenvalue weighted by Gasteiger charge is 2.31. The summed E-state index contributed by atoms with van der Waals surface area (Å²) in [6.45, 7) is 2.04. The van der Waals surface area contributed by atoms with E-state index in [9.17, 15) is 9.90 Å². The van der Waals surface area contributed by atoms with Gasteiger partial charge in [0.05, 0.1) is 19.1 Å². The fourth-order valence-electron chi connectivity index (χ4n) is 4.81. The van der Waals surface area contributed by atoms with Gasteiger partial charge in [0.15, 0.2) is 23.0 Å². The summed E-state index contributed by atoms with van der Waals surface area (Å²) in [5.41, 5.74) is 3.18. The summed E-state index contributed by atoms with van der Waals surface area (Å²) in [5, 5.41) is 9.46. The lowest BCUT2D eigenvalue weighted by atomic mass is 9.91.